The third kappa shape index (κ3) is 4.29. The SMILES string of the molecule is CC(OC(=O)c1cc(S(=O)(=O)N2CCOCC2)ccc1Cl)C(=O)c1c[nH]c2ccccc12. The van der Waals surface area contributed by atoms with Gasteiger partial charge in [0.15, 0.2) is 6.10 Å². The average molecular weight is 477 g/mol. The van der Waals surface area contributed by atoms with E-state index in [1.807, 2.05) is 18.2 Å². The molecule has 0 saturated carbocycles. The lowest BCUT2D eigenvalue weighted by atomic mass is 10.1. The minimum absolute atomic E-state index is 0.0303. The summed E-state index contributed by atoms with van der Waals surface area (Å²) in [6.07, 6.45) is 0.470. The Bertz CT molecular complexity index is 1280. The third-order valence-electron chi connectivity index (χ3n) is 5.27. The van der Waals surface area contributed by atoms with Gasteiger partial charge in [-0.05, 0) is 31.2 Å². The summed E-state index contributed by atoms with van der Waals surface area (Å²) in [4.78, 5) is 28.6. The Morgan fingerprint density at radius 2 is 1.84 bits per heavy atom. The highest BCUT2D eigenvalue weighted by molar-refractivity contribution is 7.89. The maximum absolute atomic E-state index is 12.9. The van der Waals surface area contributed by atoms with Crippen LogP contribution in [0.5, 0.6) is 0 Å². The number of hydrogen-bond donors (Lipinski definition) is 1. The normalized spacial score (nSPS) is 16.1. The highest BCUT2D eigenvalue weighted by atomic mass is 35.5. The number of para-hydroxylation sites is 1. The number of sulfonamides is 1. The summed E-state index contributed by atoms with van der Waals surface area (Å²) >= 11 is 6.15. The summed E-state index contributed by atoms with van der Waals surface area (Å²) < 4.78 is 37.6. The van der Waals surface area contributed by atoms with Gasteiger partial charge in [-0.3, -0.25) is 4.79 Å². The van der Waals surface area contributed by atoms with Gasteiger partial charge in [-0.25, -0.2) is 13.2 Å². The fourth-order valence-electron chi connectivity index (χ4n) is 3.53. The van der Waals surface area contributed by atoms with Crippen molar-refractivity contribution in [3.63, 3.8) is 0 Å². The van der Waals surface area contributed by atoms with Crippen LogP contribution in [0.2, 0.25) is 5.02 Å². The van der Waals surface area contributed by atoms with E-state index in [2.05, 4.69) is 4.98 Å². The van der Waals surface area contributed by atoms with Crippen molar-refractivity contribution in [3.05, 3.63) is 64.8 Å². The largest absolute Gasteiger partial charge is 0.451 e. The Balaban J connectivity index is 1.55. The van der Waals surface area contributed by atoms with E-state index in [1.54, 1.807) is 12.3 Å². The second-order valence-corrected chi connectivity index (χ2v) is 9.66. The minimum Gasteiger partial charge on any atom is -0.451 e. The zero-order chi connectivity index (χ0) is 22.9. The summed E-state index contributed by atoms with van der Waals surface area (Å²) in [5.74, 6) is -1.27. The van der Waals surface area contributed by atoms with E-state index in [1.165, 1.54) is 29.4 Å². The molecular weight excluding hydrogens is 456 g/mol. The number of aromatic amines is 1. The Morgan fingerprint density at radius 3 is 2.59 bits per heavy atom. The lowest BCUT2D eigenvalue weighted by molar-refractivity contribution is 0.0319. The van der Waals surface area contributed by atoms with Gasteiger partial charge in [-0.2, -0.15) is 4.31 Å². The number of aromatic nitrogens is 1. The highest BCUT2D eigenvalue weighted by Gasteiger charge is 2.29. The van der Waals surface area contributed by atoms with Crippen LogP contribution in [0.3, 0.4) is 0 Å². The van der Waals surface area contributed by atoms with Crippen molar-refractivity contribution >= 4 is 44.3 Å². The van der Waals surface area contributed by atoms with Gasteiger partial charge < -0.3 is 14.5 Å². The first-order valence-corrected chi connectivity index (χ1v) is 11.8. The predicted molar refractivity (Wildman–Crippen MR) is 119 cm³/mol. The number of carbonyl (C=O) groups excluding carboxylic acids is 2. The maximum Gasteiger partial charge on any atom is 0.340 e. The lowest BCUT2D eigenvalue weighted by Crippen LogP contribution is -2.40. The van der Waals surface area contributed by atoms with E-state index < -0.39 is 22.1 Å². The fourth-order valence-corrected chi connectivity index (χ4v) is 5.16. The van der Waals surface area contributed by atoms with Crippen LogP contribution in [0.4, 0.5) is 0 Å². The quantitative estimate of drug-likeness (QED) is 0.432. The number of nitrogens with one attached hydrogen (secondary N) is 1. The van der Waals surface area contributed by atoms with Crippen molar-refractivity contribution in [1.82, 2.24) is 9.29 Å². The Labute approximate surface area is 190 Å². The standard InChI is InChI=1S/C22H21ClN2O6S/c1-14(21(26)18-13-24-20-5-3-2-4-16(18)20)31-22(27)17-12-15(6-7-19(17)23)32(28,29)25-8-10-30-11-9-25/h2-7,12-14,24H,8-11H2,1H3. The van der Waals surface area contributed by atoms with Gasteiger partial charge in [0.05, 0.1) is 28.7 Å². The molecule has 3 aromatic rings. The summed E-state index contributed by atoms with van der Waals surface area (Å²) in [6.45, 7) is 2.51. The van der Waals surface area contributed by atoms with Gasteiger partial charge in [-0.15, -0.1) is 0 Å². The molecule has 0 radical (unpaired) electrons. The molecule has 4 rings (SSSR count). The molecule has 0 amide bonds. The Morgan fingerprint density at radius 1 is 1.12 bits per heavy atom. The third-order valence-corrected chi connectivity index (χ3v) is 7.50. The summed E-state index contributed by atoms with van der Waals surface area (Å²) in [7, 11) is -3.82. The number of Topliss-reactive ketones (excluding diaryl/α,β-unsaturated/α-hetero) is 1. The molecule has 1 aliphatic rings. The number of ether oxygens (including phenoxy) is 2. The summed E-state index contributed by atoms with van der Waals surface area (Å²) in [5.41, 5.74) is 1.06. The molecule has 1 unspecified atom stereocenters. The Kier molecular flexibility index (Phi) is 6.34. The van der Waals surface area contributed by atoms with Crippen molar-refractivity contribution in [2.75, 3.05) is 26.3 Å². The molecule has 1 fully saturated rings. The molecule has 10 heteroatoms. The first-order chi connectivity index (χ1) is 15.3. The van der Waals surface area contributed by atoms with Crippen molar-refractivity contribution < 1.29 is 27.5 Å². The number of hydrogen-bond acceptors (Lipinski definition) is 6. The molecule has 1 saturated heterocycles. The van der Waals surface area contributed by atoms with E-state index >= 15 is 0 Å². The molecule has 1 N–H and O–H groups in total. The van der Waals surface area contributed by atoms with Gasteiger partial charge in [0.25, 0.3) is 0 Å². The number of halogens is 1. The highest BCUT2D eigenvalue weighted by Crippen LogP contribution is 2.25. The minimum atomic E-state index is -3.82. The number of nitrogens with zero attached hydrogens (tertiary/aromatic N) is 1. The van der Waals surface area contributed by atoms with E-state index in [-0.39, 0.29) is 34.4 Å². The molecule has 0 aliphatic carbocycles. The van der Waals surface area contributed by atoms with Gasteiger partial charge in [0.2, 0.25) is 15.8 Å². The molecule has 8 nitrogen and oxygen atoms in total. The van der Waals surface area contributed by atoms with Crippen molar-refractivity contribution in [2.45, 2.75) is 17.9 Å². The van der Waals surface area contributed by atoms with Crippen LogP contribution in [-0.4, -0.2) is 61.9 Å². The zero-order valence-electron chi connectivity index (χ0n) is 17.2. The number of morpholine rings is 1. The topological polar surface area (TPSA) is 106 Å². The first-order valence-electron chi connectivity index (χ1n) is 9.98. The molecule has 1 aromatic heterocycles. The zero-order valence-corrected chi connectivity index (χ0v) is 18.8. The number of benzene rings is 2. The van der Waals surface area contributed by atoms with Gasteiger partial charge in [0, 0.05) is 35.8 Å². The van der Waals surface area contributed by atoms with Gasteiger partial charge in [0.1, 0.15) is 0 Å². The van der Waals surface area contributed by atoms with E-state index in [0.29, 0.717) is 18.8 Å². The van der Waals surface area contributed by atoms with E-state index in [0.717, 1.165) is 10.9 Å². The second-order valence-electron chi connectivity index (χ2n) is 7.32. The number of carbonyl (C=O) groups is 2. The number of rotatable bonds is 6. The fraction of sp³-hybridized carbons (Fsp3) is 0.273. The van der Waals surface area contributed by atoms with Crippen LogP contribution in [0.1, 0.15) is 27.6 Å². The molecular formula is C22H21ClN2O6S. The first kappa shape index (κ1) is 22.5. The molecule has 0 bridgehead atoms. The number of fused-ring (bicyclic) bond motifs is 1. The van der Waals surface area contributed by atoms with Gasteiger partial charge in [-0.1, -0.05) is 29.8 Å². The molecule has 0 spiro atoms. The van der Waals surface area contributed by atoms with Crippen LogP contribution < -0.4 is 0 Å². The number of H-pyrrole nitrogens is 1. The van der Waals surface area contributed by atoms with Crippen molar-refractivity contribution in [3.8, 4) is 0 Å². The van der Waals surface area contributed by atoms with E-state index in [9.17, 15) is 18.0 Å². The summed E-state index contributed by atoms with van der Waals surface area (Å²) in [6, 6.07) is 11.1. The average Bonchev–Trinajstić information content (AvgIpc) is 3.23. The van der Waals surface area contributed by atoms with Gasteiger partial charge >= 0.3 is 5.97 Å². The molecule has 2 heterocycles. The molecule has 1 aliphatic heterocycles. The monoisotopic (exact) mass is 476 g/mol. The second kappa shape index (κ2) is 9.03. The van der Waals surface area contributed by atoms with Crippen molar-refractivity contribution in [1.29, 1.82) is 0 Å². The summed E-state index contributed by atoms with van der Waals surface area (Å²) in [5, 5.41) is 0.750. The lowest BCUT2D eigenvalue weighted by Gasteiger charge is -2.26. The number of ketones is 1. The molecule has 1 atom stereocenters. The maximum atomic E-state index is 12.9. The number of esters is 1. The van der Waals surface area contributed by atoms with Crippen LogP contribution in [0.15, 0.2) is 53.6 Å². The van der Waals surface area contributed by atoms with Crippen LogP contribution >= 0.6 is 11.6 Å². The smallest absolute Gasteiger partial charge is 0.340 e. The predicted octanol–water partition coefficient (Wildman–Crippen LogP) is 3.27. The Hall–Kier alpha value is -2.72. The van der Waals surface area contributed by atoms with Crippen LogP contribution in [0, 0.1) is 0 Å². The van der Waals surface area contributed by atoms with E-state index in [4.69, 9.17) is 21.1 Å². The van der Waals surface area contributed by atoms with Crippen molar-refractivity contribution in [2.24, 2.45) is 0 Å². The molecule has 32 heavy (non-hydrogen) atoms. The molecule has 168 valence electrons. The van der Waals surface area contributed by atoms with Crippen LogP contribution in [0.25, 0.3) is 10.9 Å². The van der Waals surface area contributed by atoms with Crippen LogP contribution in [-0.2, 0) is 19.5 Å². The molecule has 2 aromatic carbocycles.